The molecule has 0 aromatic rings. The predicted octanol–water partition coefficient (Wildman–Crippen LogP) is 2.09. The lowest BCUT2D eigenvalue weighted by molar-refractivity contribution is -0.152. The SMILES string of the molecule is CCOC(=O)[C@H]1CCCCCCC1=O. The molecule has 3 nitrogen and oxygen atoms in total. The average molecular weight is 198 g/mol. The lowest BCUT2D eigenvalue weighted by Crippen LogP contribution is -2.27. The van der Waals surface area contributed by atoms with E-state index in [1.54, 1.807) is 6.92 Å². The van der Waals surface area contributed by atoms with Gasteiger partial charge in [-0.3, -0.25) is 9.59 Å². The second-order valence-corrected chi connectivity index (χ2v) is 3.72. The first kappa shape index (κ1) is 11.2. The van der Waals surface area contributed by atoms with Gasteiger partial charge in [-0.2, -0.15) is 0 Å². The Hall–Kier alpha value is -0.860. The zero-order chi connectivity index (χ0) is 10.4. The standard InChI is InChI=1S/C11H18O3/c1-2-14-11(13)9-7-5-3-4-6-8-10(9)12/h9H,2-8H2,1H3/t9-/m0/s1. The molecule has 0 radical (unpaired) electrons. The number of hydrogen-bond donors (Lipinski definition) is 0. The van der Waals surface area contributed by atoms with E-state index in [0.29, 0.717) is 19.4 Å². The van der Waals surface area contributed by atoms with Crippen molar-refractivity contribution >= 4 is 11.8 Å². The molecule has 1 rings (SSSR count). The zero-order valence-electron chi connectivity index (χ0n) is 8.75. The normalized spacial score (nSPS) is 23.8. The third-order valence-electron chi connectivity index (χ3n) is 2.63. The van der Waals surface area contributed by atoms with Crippen molar-refractivity contribution in [3.05, 3.63) is 0 Å². The summed E-state index contributed by atoms with van der Waals surface area (Å²) >= 11 is 0. The van der Waals surface area contributed by atoms with Gasteiger partial charge in [-0.1, -0.05) is 19.3 Å². The van der Waals surface area contributed by atoms with E-state index in [-0.39, 0.29) is 11.8 Å². The van der Waals surface area contributed by atoms with Crippen molar-refractivity contribution in [1.82, 2.24) is 0 Å². The number of carbonyl (C=O) groups is 2. The van der Waals surface area contributed by atoms with Crippen LogP contribution in [0.25, 0.3) is 0 Å². The van der Waals surface area contributed by atoms with Crippen LogP contribution < -0.4 is 0 Å². The number of esters is 1. The van der Waals surface area contributed by atoms with Crippen molar-refractivity contribution < 1.29 is 14.3 Å². The number of Topliss-reactive ketones (excluding diaryl/α,β-unsaturated/α-hetero) is 1. The third-order valence-corrected chi connectivity index (χ3v) is 2.63. The minimum absolute atomic E-state index is 0.0724. The van der Waals surface area contributed by atoms with Crippen LogP contribution in [0.5, 0.6) is 0 Å². The van der Waals surface area contributed by atoms with Gasteiger partial charge in [0.1, 0.15) is 11.7 Å². The number of rotatable bonds is 2. The summed E-state index contributed by atoms with van der Waals surface area (Å²) < 4.78 is 4.89. The van der Waals surface area contributed by atoms with Crippen LogP contribution in [0, 0.1) is 5.92 Å². The van der Waals surface area contributed by atoms with E-state index < -0.39 is 5.92 Å². The van der Waals surface area contributed by atoms with Crippen molar-refractivity contribution in [2.45, 2.75) is 45.4 Å². The lowest BCUT2D eigenvalue weighted by Gasteiger charge is -2.16. The summed E-state index contributed by atoms with van der Waals surface area (Å²) in [6.45, 7) is 2.13. The van der Waals surface area contributed by atoms with Gasteiger partial charge in [0.15, 0.2) is 0 Å². The molecule has 1 fully saturated rings. The summed E-state index contributed by atoms with van der Waals surface area (Å²) in [4.78, 5) is 23.0. The molecule has 0 unspecified atom stereocenters. The summed E-state index contributed by atoms with van der Waals surface area (Å²) in [5, 5.41) is 0. The molecule has 1 aliphatic carbocycles. The molecule has 1 saturated carbocycles. The van der Waals surface area contributed by atoms with Crippen LogP contribution in [-0.4, -0.2) is 18.4 Å². The van der Waals surface area contributed by atoms with Gasteiger partial charge < -0.3 is 4.74 Å². The Labute approximate surface area is 84.8 Å². The van der Waals surface area contributed by atoms with E-state index in [1.165, 1.54) is 0 Å². The largest absolute Gasteiger partial charge is 0.465 e. The van der Waals surface area contributed by atoms with Crippen molar-refractivity contribution in [1.29, 1.82) is 0 Å². The number of ether oxygens (including phenoxy) is 1. The van der Waals surface area contributed by atoms with Crippen LogP contribution in [0.1, 0.15) is 45.4 Å². The second kappa shape index (κ2) is 5.78. The second-order valence-electron chi connectivity index (χ2n) is 3.72. The Morgan fingerprint density at radius 1 is 1.36 bits per heavy atom. The molecular weight excluding hydrogens is 180 g/mol. The van der Waals surface area contributed by atoms with Crippen molar-refractivity contribution in [2.24, 2.45) is 5.92 Å². The predicted molar refractivity (Wildman–Crippen MR) is 52.8 cm³/mol. The topological polar surface area (TPSA) is 43.4 Å². The van der Waals surface area contributed by atoms with Gasteiger partial charge in [0.2, 0.25) is 0 Å². The summed E-state index contributed by atoms with van der Waals surface area (Å²) in [5.74, 6) is -0.724. The smallest absolute Gasteiger partial charge is 0.316 e. The van der Waals surface area contributed by atoms with E-state index in [9.17, 15) is 9.59 Å². The molecule has 3 heteroatoms. The first-order valence-electron chi connectivity index (χ1n) is 5.45. The van der Waals surface area contributed by atoms with E-state index >= 15 is 0 Å². The fourth-order valence-electron chi connectivity index (χ4n) is 1.83. The molecule has 1 atom stereocenters. The summed E-state index contributed by atoms with van der Waals surface area (Å²) in [7, 11) is 0. The molecule has 1 aliphatic rings. The van der Waals surface area contributed by atoms with Gasteiger partial charge in [-0.05, 0) is 19.8 Å². The quantitative estimate of drug-likeness (QED) is 0.504. The van der Waals surface area contributed by atoms with Gasteiger partial charge in [0.25, 0.3) is 0 Å². The lowest BCUT2D eigenvalue weighted by atomic mass is 9.90. The average Bonchev–Trinajstić information content (AvgIpc) is 2.12. The molecule has 0 heterocycles. The van der Waals surface area contributed by atoms with Crippen LogP contribution in [0.15, 0.2) is 0 Å². The minimum atomic E-state index is -0.477. The maximum Gasteiger partial charge on any atom is 0.316 e. The molecule has 0 aromatic carbocycles. The fraction of sp³-hybridized carbons (Fsp3) is 0.818. The number of ketones is 1. The van der Waals surface area contributed by atoms with Crippen LogP contribution in [-0.2, 0) is 14.3 Å². The highest BCUT2D eigenvalue weighted by Crippen LogP contribution is 2.20. The van der Waals surface area contributed by atoms with Crippen LogP contribution in [0.2, 0.25) is 0 Å². The van der Waals surface area contributed by atoms with Gasteiger partial charge in [0.05, 0.1) is 6.61 Å². The first-order valence-corrected chi connectivity index (χ1v) is 5.45. The van der Waals surface area contributed by atoms with E-state index in [1.807, 2.05) is 0 Å². The summed E-state index contributed by atoms with van der Waals surface area (Å²) in [6.07, 6.45) is 5.36. The molecule has 0 bridgehead atoms. The van der Waals surface area contributed by atoms with Crippen LogP contribution >= 0.6 is 0 Å². The van der Waals surface area contributed by atoms with Crippen molar-refractivity contribution in [3.8, 4) is 0 Å². The van der Waals surface area contributed by atoms with Crippen LogP contribution in [0.4, 0.5) is 0 Å². The molecule has 0 aromatic heterocycles. The highest BCUT2D eigenvalue weighted by molar-refractivity contribution is 5.98. The number of carbonyl (C=O) groups excluding carboxylic acids is 2. The fourth-order valence-corrected chi connectivity index (χ4v) is 1.83. The minimum Gasteiger partial charge on any atom is -0.465 e. The third kappa shape index (κ3) is 3.13. The van der Waals surface area contributed by atoms with Crippen molar-refractivity contribution in [3.63, 3.8) is 0 Å². The molecule has 0 spiro atoms. The van der Waals surface area contributed by atoms with Gasteiger partial charge >= 0.3 is 5.97 Å². The van der Waals surface area contributed by atoms with Crippen LogP contribution in [0.3, 0.4) is 0 Å². The van der Waals surface area contributed by atoms with Gasteiger partial charge in [0, 0.05) is 6.42 Å². The molecule has 0 aliphatic heterocycles. The first-order chi connectivity index (χ1) is 6.75. The summed E-state index contributed by atoms with van der Waals surface area (Å²) in [5.41, 5.74) is 0. The summed E-state index contributed by atoms with van der Waals surface area (Å²) in [6, 6.07) is 0. The van der Waals surface area contributed by atoms with Crippen molar-refractivity contribution in [2.75, 3.05) is 6.61 Å². The van der Waals surface area contributed by atoms with E-state index in [0.717, 1.165) is 25.7 Å². The van der Waals surface area contributed by atoms with E-state index in [4.69, 9.17) is 4.74 Å². The Morgan fingerprint density at radius 2 is 2.07 bits per heavy atom. The molecule has 0 amide bonds. The molecule has 0 N–H and O–H groups in total. The van der Waals surface area contributed by atoms with E-state index in [2.05, 4.69) is 0 Å². The number of hydrogen-bond acceptors (Lipinski definition) is 3. The Bertz CT molecular complexity index is 203. The Balaban J connectivity index is 2.52. The highest BCUT2D eigenvalue weighted by Gasteiger charge is 2.27. The van der Waals surface area contributed by atoms with Gasteiger partial charge in [-0.15, -0.1) is 0 Å². The maximum absolute atomic E-state index is 11.6. The molecular formula is C11H18O3. The Morgan fingerprint density at radius 3 is 2.79 bits per heavy atom. The van der Waals surface area contributed by atoms with Gasteiger partial charge in [-0.25, -0.2) is 0 Å². The maximum atomic E-state index is 11.6. The molecule has 14 heavy (non-hydrogen) atoms. The highest BCUT2D eigenvalue weighted by atomic mass is 16.5. The zero-order valence-corrected chi connectivity index (χ0v) is 8.75. The monoisotopic (exact) mass is 198 g/mol. The molecule has 80 valence electrons. The molecule has 0 saturated heterocycles. The Kier molecular flexibility index (Phi) is 4.63.